The van der Waals surface area contributed by atoms with E-state index in [0.717, 1.165) is 43.4 Å². The molecule has 0 spiro atoms. The minimum atomic E-state index is -3.43. The Kier molecular flexibility index (Phi) is 5.76. The van der Waals surface area contributed by atoms with Gasteiger partial charge >= 0.3 is 0 Å². The number of benzene rings is 2. The summed E-state index contributed by atoms with van der Waals surface area (Å²) in [6.07, 6.45) is 4.55. The first-order valence-electron chi connectivity index (χ1n) is 8.81. The maximum atomic E-state index is 13.0. The molecule has 1 atom stereocenters. The highest BCUT2D eigenvalue weighted by Gasteiger charge is 2.33. The molecule has 4 nitrogen and oxygen atoms in total. The van der Waals surface area contributed by atoms with Crippen LogP contribution in [0.15, 0.2) is 59.5 Å². The smallest absolute Gasteiger partial charge is 0.243 e. The van der Waals surface area contributed by atoms with Gasteiger partial charge in [-0.1, -0.05) is 42.8 Å². The molecule has 0 saturated carbocycles. The summed E-state index contributed by atoms with van der Waals surface area (Å²) < 4.78 is 33.2. The van der Waals surface area contributed by atoms with Crippen molar-refractivity contribution in [3.8, 4) is 5.75 Å². The minimum absolute atomic E-state index is 0.0452. The predicted molar refractivity (Wildman–Crippen MR) is 99.3 cm³/mol. The number of aryl methyl sites for hydroxylation is 1. The number of methoxy groups -OCH3 is 1. The number of para-hydroxylation sites is 1. The summed E-state index contributed by atoms with van der Waals surface area (Å²) in [6.45, 7) is 0.605. The largest absolute Gasteiger partial charge is 0.496 e. The van der Waals surface area contributed by atoms with Crippen molar-refractivity contribution in [3.05, 3.63) is 60.2 Å². The quantitative estimate of drug-likeness (QED) is 0.786. The molecule has 0 N–H and O–H groups in total. The molecule has 0 amide bonds. The minimum Gasteiger partial charge on any atom is -0.496 e. The molecule has 2 aromatic rings. The average Bonchev–Trinajstić information content (AvgIpc) is 2.67. The fraction of sp³-hybridized carbons (Fsp3) is 0.400. The summed E-state index contributed by atoms with van der Waals surface area (Å²) in [5.41, 5.74) is 1.13. The van der Waals surface area contributed by atoms with Crippen molar-refractivity contribution < 1.29 is 13.2 Å². The van der Waals surface area contributed by atoms with Crippen LogP contribution in [0.1, 0.15) is 31.2 Å². The van der Waals surface area contributed by atoms with Crippen LogP contribution in [-0.2, 0) is 16.4 Å². The van der Waals surface area contributed by atoms with Crippen LogP contribution in [0.3, 0.4) is 0 Å². The van der Waals surface area contributed by atoms with Gasteiger partial charge in [-0.15, -0.1) is 0 Å². The summed E-state index contributed by atoms with van der Waals surface area (Å²) in [7, 11) is -1.76. The van der Waals surface area contributed by atoms with E-state index in [0.29, 0.717) is 11.4 Å². The molecule has 0 aromatic heterocycles. The van der Waals surface area contributed by atoms with E-state index in [2.05, 4.69) is 6.07 Å². The number of nitrogens with zero attached hydrogens (tertiary/aromatic N) is 1. The van der Waals surface area contributed by atoms with Gasteiger partial charge < -0.3 is 4.74 Å². The highest BCUT2D eigenvalue weighted by molar-refractivity contribution is 7.89. The van der Waals surface area contributed by atoms with Crippen molar-refractivity contribution in [1.29, 1.82) is 0 Å². The molecule has 1 aliphatic heterocycles. The Morgan fingerprint density at radius 3 is 2.52 bits per heavy atom. The van der Waals surface area contributed by atoms with Crippen molar-refractivity contribution >= 4 is 10.0 Å². The van der Waals surface area contributed by atoms with Crippen LogP contribution < -0.4 is 4.74 Å². The van der Waals surface area contributed by atoms with Gasteiger partial charge in [-0.25, -0.2) is 8.42 Å². The number of rotatable bonds is 6. The topological polar surface area (TPSA) is 46.6 Å². The van der Waals surface area contributed by atoms with E-state index in [-0.39, 0.29) is 6.04 Å². The van der Waals surface area contributed by atoms with E-state index in [1.54, 1.807) is 35.7 Å². The van der Waals surface area contributed by atoms with Crippen LogP contribution in [0.25, 0.3) is 0 Å². The molecule has 0 aliphatic carbocycles. The van der Waals surface area contributed by atoms with Crippen molar-refractivity contribution in [3.63, 3.8) is 0 Å². The second kappa shape index (κ2) is 8.02. The van der Waals surface area contributed by atoms with Crippen LogP contribution >= 0.6 is 0 Å². The molecule has 2 aromatic carbocycles. The summed E-state index contributed by atoms with van der Waals surface area (Å²) in [6, 6.07) is 16.8. The molecule has 1 heterocycles. The Labute approximate surface area is 150 Å². The van der Waals surface area contributed by atoms with Crippen molar-refractivity contribution in [2.24, 2.45) is 0 Å². The molecule has 1 unspecified atom stereocenters. The van der Waals surface area contributed by atoms with Gasteiger partial charge in [-0.05, 0) is 49.4 Å². The Morgan fingerprint density at radius 1 is 1.04 bits per heavy atom. The fourth-order valence-corrected chi connectivity index (χ4v) is 5.28. The third-order valence-corrected chi connectivity index (χ3v) is 6.83. The molecular formula is C20H25NO3S. The summed E-state index contributed by atoms with van der Waals surface area (Å²) in [4.78, 5) is 0.388. The van der Waals surface area contributed by atoms with Crippen molar-refractivity contribution in [2.75, 3.05) is 13.7 Å². The Balaban J connectivity index is 1.77. The third kappa shape index (κ3) is 4.05. The number of hydrogen-bond donors (Lipinski definition) is 0. The first-order chi connectivity index (χ1) is 12.1. The number of sulfonamides is 1. The first kappa shape index (κ1) is 18.0. The van der Waals surface area contributed by atoms with Crippen LogP contribution in [0.2, 0.25) is 0 Å². The second-order valence-corrected chi connectivity index (χ2v) is 8.32. The van der Waals surface area contributed by atoms with Gasteiger partial charge in [-0.3, -0.25) is 0 Å². The second-order valence-electron chi connectivity index (χ2n) is 6.43. The predicted octanol–water partition coefficient (Wildman–Crippen LogP) is 3.87. The lowest BCUT2D eigenvalue weighted by Gasteiger charge is -2.35. The standard InChI is InChI=1S/C20H25NO3S/c1-24-20-13-6-5-9-17(20)14-15-18-10-7-8-16-21(18)25(22,23)19-11-3-2-4-12-19/h2-6,9,11-13,18H,7-8,10,14-16H2,1H3. The van der Waals surface area contributed by atoms with Crippen LogP contribution in [0, 0.1) is 0 Å². The lowest BCUT2D eigenvalue weighted by atomic mass is 9.97. The summed E-state index contributed by atoms with van der Waals surface area (Å²) >= 11 is 0. The molecule has 0 radical (unpaired) electrons. The van der Waals surface area contributed by atoms with Gasteiger partial charge in [0.25, 0.3) is 0 Å². The van der Waals surface area contributed by atoms with Crippen LogP contribution in [0.4, 0.5) is 0 Å². The number of hydrogen-bond acceptors (Lipinski definition) is 3. The number of ether oxygens (including phenoxy) is 1. The van der Waals surface area contributed by atoms with Gasteiger partial charge in [0.1, 0.15) is 5.75 Å². The van der Waals surface area contributed by atoms with E-state index in [4.69, 9.17) is 4.74 Å². The van der Waals surface area contributed by atoms with E-state index < -0.39 is 10.0 Å². The lowest BCUT2D eigenvalue weighted by molar-refractivity contribution is 0.240. The Morgan fingerprint density at radius 2 is 1.76 bits per heavy atom. The third-order valence-electron chi connectivity index (χ3n) is 4.86. The molecule has 1 aliphatic rings. The SMILES string of the molecule is COc1ccccc1CCC1CCCCN1S(=O)(=O)c1ccccc1. The Hall–Kier alpha value is -1.85. The molecular weight excluding hydrogens is 334 g/mol. The number of piperidine rings is 1. The maximum absolute atomic E-state index is 13.0. The van der Waals surface area contributed by atoms with Gasteiger partial charge in [-0.2, -0.15) is 4.31 Å². The first-order valence-corrected chi connectivity index (χ1v) is 10.3. The van der Waals surface area contributed by atoms with Crippen LogP contribution in [-0.4, -0.2) is 32.4 Å². The van der Waals surface area contributed by atoms with E-state index in [1.807, 2.05) is 24.3 Å². The van der Waals surface area contributed by atoms with Gasteiger partial charge in [0.05, 0.1) is 12.0 Å². The molecule has 5 heteroatoms. The average molecular weight is 359 g/mol. The summed E-state index contributed by atoms with van der Waals surface area (Å²) in [5.74, 6) is 0.871. The van der Waals surface area contributed by atoms with Gasteiger partial charge in [0.2, 0.25) is 10.0 Å². The zero-order chi connectivity index (χ0) is 17.7. The van der Waals surface area contributed by atoms with Gasteiger partial charge in [0, 0.05) is 12.6 Å². The fourth-order valence-electron chi connectivity index (χ4n) is 3.54. The maximum Gasteiger partial charge on any atom is 0.243 e. The van der Waals surface area contributed by atoms with Crippen molar-refractivity contribution in [2.45, 2.75) is 43.0 Å². The molecule has 134 valence electrons. The monoisotopic (exact) mass is 359 g/mol. The highest BCUT2D eigenvalue weighted by atomic mass is 32.2. The highest BCUT2D eigenvalue weighted by Crippen LogP contribution is 2.29. The van der Waals surface area contributed by atoms with Gasteiger partial charge in [0.15, 0.2) is 0 Å². The zero-order valence-electron chi connectivity index (χ0n) is 14.6. The van der Waals surface area contributed by atoms with Crippen molar-refractivity contribution in [1.82, 2.24) is 4.31 Å². The molecule has 25 heavy (non-hydrogen) atoms. The molecule has 1 saturated heterocycles. The Bertz CT molecular complexity index is 790. The van der Waals surface area contributed by atoms with E-state index in [1.165, 1.54) is 0 Å². The molecule has 0 bridgehead atoms. The normalized spacial score (nSPS) is 18.8. The lowest BCUT2D eigenvalue weighted by Crippen LogP contribution is -2.43. The van der Waals surface area contributed by atoms with E-state index >= 15 is 0 Å². The summed E-state index contributed by atoms with van der Waals surface area (Å²) in [5, 5.41) is 0. The van der Waals surface area contributed by atoms with Crippen LogP contribution in [0.5, 0.6) is 5.75 Å². The molecule has 3 rings (SSSR count). The molecule has 1 fully saturated rings. The zero-order valence-corrected chi connectivity index (χ0v) is 15.4. The van der Waals surface area contributed by atoms with E-state index in [9.17, 15) is 8.42 Å².